The number of rotatable bonds is 2. The van der Waals surface area contributed by atoms with Gasteiger partial charge >= 0.3 is 6.09 Å². The fraction of sp³-hybridized carbons (Fsp3) is 0.409. The van der Waals surface area contributed by atoms with Gasteiger partial charge in [-0.1, -0.05) is 35.3 Å². The fourth-order valence-electron chi connectivity index (χ4n) is 4.47. The molecular weight excluding hydrogens is 395 g/mol. The zero-order valence-corrected chi connectivity index (χ0v) is 17.8. The maximum Gasteiger partial charge on any atom is 0.410 e. The van der Waals surface area contributed by atoms with E-state index in [4.69, 9.17) is 27.9 Å². The monoisotopic (exact) mass is 418 g/mol. The van der Waals surface area contributed by atoms with Gasteiger partial charge in [0.15, 0.2) is 0 Å². The van der Waals surface area contributed by atoms with Gasteiger partial charge < -0.3 is 10.1 Å². The number of carbonyl (C=O) groups excluding carboxylic acids is 1. The number of carbonyl (C=O) groups is 1. The Bertz CT molecular complexity index is 919. The highest BCUT2D eigenvalue weighted by Gasteiger charge is 2.48. The van der Waals surface area contributed by atoms with Crippen molar-refractivity contribution in [1.29, 1.82) is 0 Å². The molecule has 0 radical (unpaired) electrons. The molecule has 148 valence electrons. The SMILES string of the molecule is CC(C)OC(=O)N1CCC2=C(NC3=CC=C(Cl)C[C@@]32C)C1c1cccc(Cl)c1. The van der Waals surface area contributed by atoms with Gasteiger partial charge in [-0.25, -0.2) is 4.79 Å². The van der Waals surface area contributed by atoms with E-state index in [9.17, 15) is 4.79 Å². The molecule has 1 unspecified atom stereocenters. The normalized spacial score (nSPS) is 26.4. The van der Waals surface area contributed by atoms with Crippen molar-refractivity contribution in [3.63, 3.8) is 0 Å². The van der Waals surface area contributed by atoms with Crippen LogP contribution in [0.2, 0.25) is 5.02 Å². The predicted octanol–water partition coefficient (Wildman–Crippen LogP) is 5.91. The lowest BCUT2D eigenvalue weighted by Crippen LogP contribution is -2.42. The van der Waals surface area contributed by atoms with Gasteiger partial charge in [-0.2, -0.15) is 0 Å². The predicted molar refractivity (Wildman–Crippen MR) is 112 cm³/mol. The van der Waals surface area contributed by atoms with Gasteiger partial charge in [0.25, 0.3) is 0 Å². The molecule has 1 N–H and O–H groups in total. The number of fused-ring (bicyclic) bond motifs is 2. The molecule has 2 heterocycles. The Morgan fingerprint density at radius 2 is 2.11 bits per heavy atom. The number of hydrogen-bond donors (Lipinski definition) is 1. The molecule has 1 aromatic rings. The van der Waals surface area contributed by atoms with Gasteiger partial charge in [0.2, 0.25) is 0 Å². The van der Waals surface area contributed by atoms with Gasteiger partial charge in [-0.15, -0.1) is 0 Å². The summed E-state index contributed by atoms with van der Waals surface area (Å²) in [6.45, 7) is 6.54. The van der Waals surface area contributed by atoms with Crippen molar-refractivity contribution < 1.29 is 9.53 Å². The molecule has 1 amide bonds. The van der Waals surface area contributed by atoms with E-state index in [0.29, 0.717) is 11.6 Å². The Labute approximate surface area is 175 Å². The van der Waals surface area contributed by atoms with E-state index in [1.807, 2.05) is 44.2 Å². The third-order valence-corrected chi connectivity index (χ3v) is 6.23. The maximum absolute atomic E-state index is 12.9. The van der Waals surface area contributed by atoms with Crippen LogP contribution in [0, 0.1) is 5.41 Å². The molecule has 28 heavy (non-hydrogen) atoms. The zero-order chi connectivity index (χ0) is 20.1. The zero-order valence-electron chi connectivity index (χ0n) is 16.3. The Hall–Kier alpha value is -1.91. The van der Waals surface area contributed by atoms with Crippen molar-refractivity contribution in [2.45, 2.75) is 45.8 Å². The Balaban J connectivity index is 1.80. The summed E-state index contributed by atoms with van der Waals surface area (Å²) in [6, 6.07) is 7.42. The molecule has 3 aliphatic rings. The minimum Gasteiger partial charge on any atom is -0.447 e. The van der Waals surface area contributed by atoms with Crippen LogP contribution in [-0.4, -0.2) is 23.6 Å². The number of amides is 1. The standard InChI is InChI=1S/C22H24Cl2N2O2/c1-13(2)28-21(27)26-10-9-17-19(20(26)14-5-4-6-15(23)11-14)25-18-8-7-16(24)12-22(17,18)3/h4-8,11,13,20,25H,9-10,12H2,1-3H3/t20?,22-/m1/s1. The van der Waals surface area contributed by atoms with Crippen molar-refractivity contribution in [3.8, 4) is 0 Å². The average Bonchev–Trinajstić information content (AvgIpc) is 2.92. The smallest absolute Gasteiger partial charge is 0.410 e. The molecule has 2 aliphatic heterocycles. The lowest BCUT2D eigenvalue weighted by molar-refractivity contribution is 0.0645. The van der Waals surface area contributed by atoms with Gasteiger partial charge in [0.1, 0.15) is 6.04 Å². The van der Waals surface area contributed by atoms with Crippen LogP contribution < -0.4 is 5.32 Å². The van der Waals surface area contributed by atoms with E-state index in [2.05, 4.69) is 18.3 Å². The Morgan fingerprint density at radius 1 is 1.32 bits per heavy atom. The third-order valence-electron chi connectivity index (χ3n) is 5.73. The largest absolute Gasteiger partial charge is 0.447 e. The van der Waals surface area contributed by atoms with Crippen LogP contribution in [0.4, 0.5) is 4.79 Å². The number of nitrogens with zero attached hydrogens (tertiary/aromatic N) is 1. The number of halogens is 2. The van der Waals surface area contributed by atoms with Crippen LogP contribution in [0.3, 0.4) is 0 Å². The van der Waals surface area contributed by atoms with E-state index in [0.717, 1.165) is 34.8 Å². The average molecular weight is 419 g/mol. The Kier molecular flexibility index (Phi) is 4.96. The summed E-state index contributed by atoms with van der Waals surface area (Å²) in [7, 11) is 0. The molecule has 4 nitrogen and oxygen atoms in total. The lowest BCUT2D eigenvalue weighted by Gasteiger charge is -2.39. The molecule has 0 saturated carbocycles. The molecule has 4 rings (SSSR count). The van der Waals surface area contributed by atoms with E-state index in [1.165, 1.54) is 5.57 Å². The van der Waals surface area contributed by atoms with Crippen LogP contribution in [-0.2, 0) is 4.74 Å². The van der Waals surface area contributed by atoms with Gasteiger partial charge in [-0.05, 0) is 69.0 Å². The molecule has 0 fully saturated rings. The minimum atomic E-state index is -0.307. The van der Waals surface area contributed by atoms with Gasteiger partial charge in [-0.3, -0.25) is 4.90 Å². The first kappa shape index (κ1) is 19.4. The summed E-state index contributed by atoms with van der Waals surface area (Å²) in [5.41, 5.74) is 4.29. The molecule has 1 aromatic carbocycles. The van der Waals surface area contributed by atoms with E-state index >= 15 is 0 Å². The van der Waals surface area contributed by atoms with E-state index in [-0.39, 0.29) is 23.7 Å². The summed E-state index contributed by atoms with van der Waals surface area (Å²) < 4.78 is 5.54. The molecule has 2 atom stereocenters. The highest BCUT2D eigenvalue weighted by Crippen LogP contribution is 2.54. The number of benzene rings is 1. The van der Waals surface area contributed by atoms with Crippen LogP contribution in [0.15, 0.2) is 58.4 Å². The number of nitrogens with one attached hydrogen (secondary N) is 1. The number of allylic oxidation sites excluding steroid dienone is 4. The van der Waals surface area contributed by atoms with Gasteiger partial charge in [0, 0.05) is 33.4 Å². The maximum atomic E-state index is 12.9. The summed E-state index contributed by atoms with van der Waals surface area (Å²) in [5, 5.41) is 5.10. The quantitative estimate of drug-likeness (QED) is 0.649. The van der Waals surface area contributed by atoms with Crippen molar-refractivity contribution in [2.75, 3.05) is 6.54 Å². The lowest BCUT2D eigenvalue weighted by atomic mass is 9.73. The second-order valence-corrected chi connectivity index (χ2v) is 8.98. The summed E-state index contributed by atoms with van der Waals surface area (Å²) in [4.78, 5) is 14.7. The minimum absolute atomic E-state index is 0.161. The van der Waals surface area contributed by atoms with Crippen molar-refractivity contribution in [1.82, 2.24) is 10.2 Å². The van der Waals surface area contributed by atoms with Gasteiger partial charge in [0.05, 0.1) is 6.10 Å². The van der Waals surface area contributed by atoms with Crippen LogP contribution in [0.25, 0.3) is 0 Å². The first-order valence-electron chi connectivity index (χ1n) is 9.59. The Morgan fingerprint density at radius 3 is 2.82 bits per heavy atom. The van der Waals surface area contributed by atoms with Crippen molar-refractivity contribution >= 4 is 29.3 Å². The fourth-order valence-corrected chi connectivity index (χ4v) is 5.00. The molecule has 0 spiro atoms. The van der Waals surface area contributed by atoms with E-state index < -0.39 is 0 Å². The highest BCUT2D eigenvalue weighted by molar-refractivity contribution is 6.30. The second kappa shape index (κ2) is 7.16. The third kappa shape index (κ3) is 3.23. The molecule has 0 bridgehead atoms. The van der Waals surface area contributed by atoms with Crippen molar-refractivity contribution in [2.24, 2.45) is 5.41 Å². The number of ether oxygens (including phenoxy) is 1. The molecule has 6 heteroatoms. The second-order valence-electron chi connectivity index (χ2n) is 8.05. The first-order valence-corrected chi connectivity index (χ1v) is 10.4. The summed E-state index contributed by atoms with van der Waals surface area (Å²) >= 11 is 12.7. The van der Waals surface area contributed by atoms with Crippen LogP contribution in [0.1, 0.15) is 45.2 Å². The topological polar surface area (TPSA) is 41.6 Å². The summed E-state index contributed by atoms with van der Waals surface area (Å²) in [6.07, 6.45) is 5.07. The van der Waals surface area contributed by atoms with Crippen LogP contribution >= 0.6 is 23.2 Å². The van der Waals surface area contributed by atoms with Crippen LogP contribution in [0.5, 0.6) is 0 Å². The van der Waals surface area contributed by atoms with E-state index in [1.54, 1.807) is 4.90 Å². The molecule has 0 aromatic heterocycles. The number of hydrogen-bond acceptors (Lipinski definition) is 3. The summed E-state index contributed by atoms with van der Waals surface area (Å²) in [5.74, 6) is 0. The molecular formula is C22H24Cl2N2O2. The van der Waals surface area contributed by atoms with Crippen molar-refractivity contribution in [3.05, 3.63) is 69.0 Å². The molecule has 0 saturated heterocycles. The highest BCUT2D eigenvalue weighted by atomic mass is 35.5. The molecule has 1 aliphatic carbocycles. The first-order chi connectivity index (χ1) is 13.3.